The van der Waals surface area contributed by atoms with E-state index in [4.69, 9.17) is 5.73 Å². The average Bonchev–Trinajstić information content (AvgIpc) is 2.28. The van der Waals surface area contributed by atoms with Gasteiger partial charge in [-0.1, -0.05) is 12.1 Å². The van der Waals surface area contributed by atoms with Gasteiger partial charge in [0.25, 0.3) is 5.91 Å². The second kappa shape index (κ2) is 4.05. The number of benzene rings is 1. The van der Waals surface area contributed by atoms with Crippen molar-refractivity contribution in [2.24, 2.45) is 0 Å². The Morgan fingerprint density at radius 3 is 2.71 bits per heavy atom. The van der Waals surface area contributed by atoms with E-state index in [0.717, 1.165) is 11.1 Å². The predicted octanol–water partition coefficient (Wildman–Crippen LogP) is 1.83. The average molecular weight is 229 g/mol. The highest BCUT2D eigenvalue weighted by molar-refractivity contribution is 6.08. The molecular weight excluding hydrogens is 214 g/mol. The van der Waals surface area contributed by atoms with Crippen LogP contribution in [0, 0.1) is 6.92 Å². The van der Waals surface area contributed by atoms with Gasteiger partial charge in [-0.15, -0.1) is 0 Å². The van der Waals surface area contributed by atoms with Crippen LogP contribution in [0.3, 0.4) is 0 Å². The first-order valence-corrected chi connectivity index (χ1v) is 5.38. The molecule has 88 valence electrons. The fourth-order valence-corrected chi connectivity index (χ4v) is 1.82. The van der Waals surface area contributed by atoms with Crippen molar-refractivity contribution in [2.45, 2.75) is 6.92 Å². The number of nitrogen functional groups attached to an aromatic ring is 1. The zero-order valence-corrected chi connectivity index (χ0v) is 10.2. The quantitative estimate of drug-likeness (QED) is 0.759. The zero-order chi connectivity index (χ0) is 12.6. The molecular formula is C13H15N3O. The molecule has 0 saturated heterocycles. The Kier molecular flexibility index (Phi) is 2.71. The number of hydrogen-bond donors (Lipinski definition) is 1. The summed E-state index contributed by atoms with van der Waals surface area (Å²) < 4.78 is 0. The van der Waals surface area contributed by atoms with Gasteiger partial charge in [-0.3, -0.25) is 9.78 Å². The number of para-hydroxylation sites is 1. The minimum Gasteiger partial charge on any atom is -0.397 e. The normalized spacial score (nSPS) is 10.5. The minimum atomic E-state index is -0.0360. The molecule has 0 fully saturated rings. The third-order valence-electron chi connectivity index (χ3n) is 2.64. The fourth-order valence-electron chi connectivity index (χ4n) is 1.82. The van der Waals surface area contributed by atoms with E-state index in [1.807, 2.05) is 19.1 Å². The monoisotopic (exact) mass is 229 g/mol. The van der Waals surface area contributed by atoms with Gasteiger partial charge in [0.15, 0.2) is 0 Å². The van der Waals surface area contributed by atoms with Crippen LogP contribution < -0.4 is 5.73 Å². The van der Waals surface area contributed by atoms with Crippen LogP contribution >= 0.6 is 0 Å². The number of aryl methyl sites for hydroxylation is 1. The van der Waals surface area contributed by atoms with Crippen molar-refractivity contribution in [1.29, 1.82) is 0 Å². The molecule has 17 heavy (non-hydrogen) atoms. The molecule has 4 heteroatoms. The van der Waals surface area contributed by atoms with Gasteiger partial charge in [-0.25, -0.2) is 0 Å². The van der Waals surface area contributed by atoms with Crippen LogP contribution in [0.5, 0.6) is 0 Å². The molecule has 0 aliphatic rings. The summed E-state index contributed by atoms with van der Waals surface area (Å²) in [4.78, 5) is 18.0. The lowest BCUT2D eigenvalue weighted by atomic mass is 10.1. The molecule has 2 rings (SSSR count). The Bertz CT molecular complexity index is 590. The standard InChI is InChI=1S/C13H15N3O/c1-8-7-10(13(17)16(2)3)9-5-4-6-11(14)12(9)15-8/h4-7H,14H2,1-3H3. The van der Waals surface area contributed by atoms with Crippen molar-refractivity contribution in [3.8, 4) is 0 Å². The van der Waals surface area contributed by atoms with Crippen LogP contribution in [0.15, 0.2) is 24.3 Å². The van der Waals surface area contributed by atoms with Crippen LogP contribution in [0.2, 0.25) is 0 Å². The molecule has 4 nitrogen and oxygen atoms in total. The topological polar surface area (TPSA) is 59.2 Å². The Labute approximate surface area is 100 Å². The van der Waals surface area contributed by atoms with Crippen molar-refractivity contribution in [2.75, 3.05) is 19.8 Å². The van der Waals surface area contributed by atoms with E-state index in [1.54, 1.807) is 31.1 Å². The highest BCUT2D eigenvalue weighted by Gasteiger charge is 2.14. The number of aromatic nitrogens is 1. The lowest BCUT2D eigenvalue weighted by Crippen LogP contribution is -2.22. The van der Waals surface area contributed by atoms with Crippen LogP contribution in [-0.2, 0) is 0 Å². The number of amides is 1. The molecule has 0 aliphatic heterocycles. The van der Waals surface area contributed by atoms with E-state index >= 15 is 0 Å². The summed E-state index contributed by atoms with van der Waals surface area (Å²) in [6.45, 7) is 1.86. The maximum Gasteiger partial charge on any atom is 0.254 e. The second-order valence-electron chi connectivity index (χ2n) is 4.25. The molecule has 2 aromatic rings. The highest BCUT2D eigenvalue weighted by atomic mass is 16.2. The summed E-state index contributed by atoms with van der Waals surface area (Å²) in [5, 5.41) is 0.800. The molecule has 0 atom stereocenters. The summed E-state index contributed by atoms with van der Waals surface area (Å²) in [5.41, 5.74) is 8.61. The maximum atomic E-state index is 12.1. The van der Waals surface area contributed by atoms with Gasteiger partial charge in [0.2, 0.25) is 0 Å². The van der Waals surface area contributed by atoms with Crippen molar-refractivity contribution < 1.29 is 4.79 Å². The summed E-state index contributed by atoms with van der Waals surface area (Å²) in [7, 11) is 3.46. The van der Waals surface area contributed by atoms with Gasteiger partial charge in [0.05, 0.1) is 16.8 Å². The first-order valence-electron chi connectivity index (χ1n) is 5.38. The van der Waals surface area contributed by atoms with E-state index < -0.39 is 0 Å². The molecule has 1 amide bonds. The summed E-state index contributed by atoms with van der Waals surface area (Å²) in [5.74, 6) is -0.0360. The van der Waals surface area contributed by atoms with Gasteiger partial charge in [0.1, 0.15) is 0 Å². The van der Waals surface area contributed by atoms with E-state index in [1.165, 1.54) is 0 Å². The molecule has 1 aromatic carbocycles. The third kappa shape index (κ3) is 1.93. The van der Waals surface area contributed by atoms with Crippen LogP contribution in [0.25, 0.3) is 10.9 Å². The number of rotatable bonds is 1. The fraction of sp³-hybridized carbons (Fsp3) is 0.231. The Balaban J connectivity index is 2.79. The van der Waals surface area contributed by atoms with Crippen molar-refractivity contribution in [3.05, 3.63) is 35.5 Å². The number of fused-ring (bicyclic) bond motifs is 1. The first kappa shape index (κ1) is 11.4. The molecule has 1 aromatic heterocycles. The van der Waals surface area contributed by atoms with Crippen LogP contribution in [-0.4, -0.2) is 29.9 Å². The van der Waals surface area contributed by atoms with Gasteiger partial charge < -0.3 is 10.6 Å². The van der Waals surface area contributed by atoms with Crippen molar-refractivity contribution in [1.82, 2.24) is 9.88 Å². The van der Waals surface area contributed by atoms with E-state index in [2.05, 4.69) is 4.98 Å². The number of carbonyl (C=O) groups excluding carboxylic acids is 1. The summed E-state index contributed by atoms with van der Waals surface area (Å²) in [6.07, 6.45) is 0. The van der Waals surface area contributed by atoms with Crippen molar-refractivity contribution in [3.63, 3.8) is 0 Å². The molecule has 1 heterocycles. The van der Waals surface area contributed by atoms with E-state index in [9.17, 15) is 4.79 Å². The van der Waals surface area contributed by atoms with Gasteiger partial charge >= 0.3 is 0 Å². The SMILES string of the molecule is Cc1cc(C(=O)N(C)C)c2cccc(N)c2n1. The maximum absolute atomic E-state index is 12.1. The molecule has 0 spiro atoms. The van der Waals surface area contributed by atoms with Gasteiger partial charge in [0, 0.05) is 25.2 Å². The first-order chi connectivity index (χ1) is 8.00. The van der Waals surface area contributed by atoms with Crippen LogP contribution in [0.1, 0.15) is 16.1 Å². The van der Waals surface area contributed by atoms with Crippen LogP contribution in [0.4, 0.5) is 5.69 Å². The summed E-state index contributed by atoms with van der Waals surface area (Å²) >= 11 is 0. The Morgan fingerprint density at radius 2 is 2.06 bits per heavy atom. The Hall–Kier alpha value is -2.10. The number of carbonyl (C=O) groups is 1. The number of pyridine rings is 1. The number of hydrogen-bond acceptors (Lipinski definition) is 3. The van der Waals surface area contributed by atoms with E-state index in [0.29, 0.717) is 16.8 Å². The molecule has 0 bridgehead atoms. The van der Waals surface area contributed by atoms with Crippen molar-refractivity contribution >= 4 is 22.5 Å². The van der Waals surface area contributed by atoms with E-state index in [-0.39, 0.29) is 5.91 Å². The number of anilines is 1. The molecule has 0 unspecified atom stereocenters. The number of nitrogens with two attached hydrogens (primary N) is 1. The van der Waals surface area contributed by atoms with Gasteiger partial charge in [-0.05, 0) is 19.1 Å². The predicted molar refractivity (Wildman–Crippen MR) is 68.9 cm³/mol. The molecule has 0 aliphatic carbocycles. The Morgan fingerprint density at radius 1 is 1.35 bits per heavy atom. The molecule has 0 saturated carbocycles. The zero-order valence-electron chi connectivity index (χ0n) is 10.2. The summed E-state index contributed by atoms with van der Waals surface area (Å²) in [6, 6.07) is 7.29. The minimum absolute atomic E-state index is 0.0360. The molecule has 0 radical (unpaired) electrons. The second-order valence-corrected chi connectivity index (χ2v) is 4.25. The lowest BCUT2D eigenvalue weighted by Gasteiger charge is -2.13. The largest absolute Gasteiger partial charge is 0.397 e. The van der Waals surface area contributed by atoms with Gasteiger partial charge in [-0.2, -0.15) is 0 Å². The third-order valence-corrected chi connectivity index (χ3v) is 2.64. The smallest absolute Gasteiger partial charge is 0.254 e. The number of nitrogens with zero attached hydrogens (tertiary/aromatic N) is 2. The lowest BCUT2D eigenvalue weighted by molar-refractivity contribution is 0.0829. The molecule has 2 N–H and O–H groups in total. The highest BCUT2D eigenvalue weighted by Crippen LogP contribution is 2.23.